The van der Waals surface area contributed by atoms with Gasteiger partial charge in [0.1, 0.15) is 0 Å². The number of nitrogen functional groups attached to an aromatic ring is 1. The van der Waals surface area contributed by atoms with Crippen molar-refractivity contribution in [2.24, 2.45) is 0 Å². The predicted octanol–water partition coefficient (Wildman–Crippen LogP) is 2.06. The fourth-order valence-corrected chi connectivity index (χ4v) is 2.84. The molecule has 0 bridgehead atoms. The Morgan fingerprint density at radius 2 is 1.84 bits per heavy atom. The predicted molar refractivity (Wildman–Crippen MR) is 76.1 cm³/mol. The minimum absolute atomic E-state index is 0.181. The molecular formula is C14H16N2O2S. The lowest BCUT2D eigenvalue weighted by atomic mass is 10.1. The monoisotopic (exact) mass is 276 g/mol. The second kappa shape index (κ2) is 5.42. The first-order chi connectivity index (χ1) is 8.97. The molecule has 0 aliphatic rings. The highest BCUT2D eigenvalue weighted by Gasteiger charge is 2.13. The Bertz CT molecular complexity index is 681. The van der Waals surface area contributed by atoms with Crippen LogP contribution in [0.1, 0.15) is 11.1 Å². The average molecular weight is 276 g/mol. The van der Waals surface area contributed by atoms with Gasteiger partial charge in [-0.15, -0.1) is 0 Å². The van der Waals surface area contributed by atoms with Crippen molar-refractivity contribution in [2.45, 2.75) is 18.4 Å². The highest BCUT2D eigenvalue weighted by atomic mass is 32.2. The van der Waals surface area contributed by atoms with Crippen molar-refractivity contribution >= 4 is 15.7 Å². The van der Waals surface area contributed by atoms with Crippen LogP contribution in [0.4, 0.5) is 5.69 Å². The first-order valence-electron chi connectivity index (χ1n) is 5.88. The van der Waals surface area contributed by atoms with Crippen molar-refractivity contribution in [3.8, 4) is 0 Å². The molecule has 2 aromatic rings. The molecule has 0 aromatic heterocycles. The van der Waals surface area contributed by atoms with Gasteiger partial charge in [0.25, 0.3) is 0 Å². The van der Waals surface area contributed by atoms with E-state index in [0.717, 1.165) is 11.1 Å². The molecule has 0 heterocycles. The Kier molecular flexibility index (Phi) is 3.87. The van der Waals surface area contributed by atoms with Crippen molar-refractivity contribution < 1.29 is 8.42 Å². The van der Waals surface area contributed by atoms with E-state index in [2.05, 4.69) is 4.72 Å². The van der Waals surface area contributed by atoms with E-state index < -0.39 is 10.0 Å². The molecule has 2 rings (SSSR count). The zero-order valence-corrected chi connectivity index (χ0v) is 11.4. The van der Waals surface area contributed by atoms with Gasteiger partial charge >= 0.3 is 0 Å². The molecule has 0 fully saturated rings. The van der Waals surface area contributed by atoms with Crippen LogP contribution in [0.3, 0.4) is 0 Å². The Labute approximate surface area is 113 Å². The number of rotatable bonds is 4. The van der Waals surface area contributed by atoms with E-state index in [9.17, 15) is 8.42 Å². The summed E-state index contributed by atoms with van der Waals surface area (Å²) in [4.78, 5) is 0.181. The zero-order chi connectivity index (χ0) is 13.9. The van der Waals surface area contributed by atoms with Crippen LogP contribution in [0.15, 0.2) is 53.4 Å². The van der Waals surface area contributed by atoms with Gasteiger partial charge < -0.3 is 5.73 Å². The molecule has 0 radical (unpaired) electrons. The summed E-state index contributed by atoms with van der Waals surface area (Å²) in [7, 11) is -3.52. The van der Waals surface area contributed by atoms with E-state index in [1.165, 1.54) is 12.1 Å². The Balaban J connectivity index is 2.14. The van der Waals surface area contributed by atoms with Crippen LogP contribution in [-0.2, 0) is 16.6 Å². The number of hydrogen-bond acceptors (Lipinski definition) is 3. The standard InChI is InChI=1S/C14H16N2O2S/c1-11-4-2-5-12(8-11)10-16-19(17,18)14-7-3-6-13(15)9-14/h2-9,16H,10,15H2,1H3. The Hall–Kier alpha value is -1.85. The summed E-state index contributed by atoms with van der Waals surface area (Å²) >= 11 is 0. The van der Waals surface area contributed by atoms with Crippen LogP contribution in [0.5, 0.6) is 0 Å². The van der Waals surface area contributed by atoms with E-state index in [4.69, 9.17) is 5.73 Å². The molecule has 19 heavy (non-hydrogen) atoms. The van der Waals surface area contributed by atoms with Crippen molar-refractivity contribution in [1.29, 1.82) is 0 Å². The molecule has 0 aliphatic carbocycles. The topological polar surface area (TPSA) is 72.2 Å². The summed E-state index contributed by atoms with van der Waals surface area (Å²) in [5.41, 5.74) is 8.04. The number of hydrogen-bond donors (Lipinski definition) is 2. The lowest BCUT2D eigenvalue weighted by Crippen LogP contribution is -2.23. The van der Waals surface area contributed by atoms with Crippen molar-refractivity contribution in [3.05, 3.63) is 59.7 Å². The Morgan fingerprint density at radius 1 is 1.11 bits per heavy atom. The minimum Gasteiger partial charge on any atom is -0.399 e. The van der Waals surface area contributed by atoms with E-state index in [1.54, 1.807) is 12.1 Å². The SMILES string of the molecule is Cc1cccc(CNS(=O)(=O)c2cccc(N)c2)c1. The number of anilines is 1. The fourth-order valence-electron chi connectivity index (χ4n) is 1.77. The van der Waals surface area contributed by atoms with Crippen molar-refractivity contribution in [1.82, 2.24) is 4.72 Å². The third-order valence-corrected chi connectivity index (χ3v) is 4.12. The molecule has 0 atom stereocenters. The van der Waals surface area contributed by atoms with E-state index >= 15 is 0 Å². The van der Waals surface area contributed by atoms with Crippen LogP contribution in [0.25, 0.3) is 0 Å². The van der Waals surface area contributed by atoms with E-state index in [-0.39, 0.29) is 11.4 Å². The van der Waals surface area contributed by atoms with Gasteiger partial charge in [-0.1, -0.05) is 35.9 Å². The quantitative estimate of drug-likeness (QED) is 0.840. The highest BCUT2D eigenvalue weighted by molar-refractivity contribution is 7.89. The number of aryl methyl sites for hydroxylation is 1. The van der Waals surface area contributed by atoms with E-state index in [1.807, 2.05) is 31.2 Å². The third-order valence-electron chi connectivity index (χ3n) is 2.72. The van der Waals surface area contributed by atoms with Gasteiger partial charge in [-0.25, -0.2) is 13.1 Å². The molecule has 0 unspecified atom stereocenters. The molecule has 2 aromatic carbocycles. The molecule has 0 amide bonds. The molecule has 5 heteroatoms. The van der Waals surface area contributed by atoms with Gasteiger partial charge in [0.15, 0.2) is 0 Å². The van der Waals surface area contributed by atoms with Crippen LogP contribution in [-0.4, -0.2) is 8.42 Å². The molecule has 0 saturated heterocycles. The largest absolute Gasteiger partial charge is 0.399 e. The van der Waals surface area contributed by atoms with Gasteiger partial charge in [0.2, 0.25) is 10.0 Å². The summed E-state index contributed by atoms with van der Waals surface area (Å²) in [5.74, 6) is 0. The summed E-state index contributed by atoms with van der Waals surface area (Å²) in [5, 5.41) is 0. The first-order valence-corrected chi connectivity index (χ1v) is 7.36. The fraction of sp³-hybridized carbons (Fsp3) is 0.143. The molecular weight excluding hydrogens is 260 g/mol. The molecule has 4 nitrogen and oxygen atoms in total. The summed E-state index contributed by atoms with van der Waals surface area (Å²) in [6.45, 7) is 2.23. The summed E-state index contributed by atoms with van der Waals surface area (Å²) in [6.07, 6.45) is 0. The van der Waals surface area contributed by atoms with E-state index in [0.29, 0.717) is 5.69 Å². The number of benzene rings is 2. The molecule has 0 saturated carbocycles. The van der Waals surface area contributed by atoms with Crippen LogP contribution in [0.2, 0.25) is 0 Å². The maximum absolute atomic E-state index is 12.1. The minimum atomic E-state index is -3.52. The van der Waals surface area contributed by atoms with Crippen molar-refractivity contribution in [2.75, 3.05) is 5.73 Å². The maximum atomic E-state index is 12.1. The molecule has 100 valence electrons. The summed E-state index contributed by atoms with van der Waals surface area (Å²) < 4.78 is 26.7. The van der Waals surface area contributed by atoms with Gasteiger partial charge in [-0.05, 0) is 30.7 Å². The number of sulfonamides is 1. The third kappa shape index (κ3) is 3.56. The molecule has 0 spiro atoms. The number of nitrogens with two attached hydrogens (primary N) is 1. The van der Waals surface area contributed by atoms with Gasteiger partial charge in [-0.3, -0.25) is 0 Å². The lowest BCUT2D eigenvalue weighted by molar-refractivity contribution is 0.581. The number of nitrogens with one attached hydrogen (secondary N) is 1. The van der Waals surface area contributed by atoms with Gasteiger partial charge in [0.05, 0.1) is 4.90 Å². The first kappa shape index (κ1) is 13.6. The van der Waals surface area contributed by atoms with Crippen LogP contribution < -0.4 is 10.5 Å². The Morgan fingerprint density at radius 3 is 2.53 bits per heavy atom. The summed E-state index contributed by atoms with van der Waals surface area (Å²) in [6, 6.07) is 13.9. The van der Waals surface area contributed by atoms with Crippen molar-refractivity contribution in [3.63, 3.8) is 0 Å². The van der Waals surface area contributed by atoms with Gasteiger partial charge in [0, 0.05) is 12.2 Å². The maximum Gasteiger partial charge on any atom is 0.240 e. The highest BCUT2D eigenvalue weighted by Crippen LogP contribution is 2.13. The van der Waals surface area contributed by atoms with Crippen LogP contribution in [0, 0.1) is 6.92 Å². The molecule has 3 N–H and O–H groups in total. The molecule has 0 aliphatic heterocycles. The lowest BCUT2D eigenvalue weighted by Gasteiger charge is -2.08. The van der Waals surface area contributed by atoms with Gasteiger partial charge in [-0.2, -0.15) is 0 Å². The second-order valence-electron chi connectivity index (χ2n) is 4.39. The van der Waals surface area contributed by atoms with Crippen LogP contribution >= 0.6 is 0 Å². The normalized spacial score (nSPS) is 11.4. The average Bonchev–Trinajstić information content (AvgIpc) is 2.37. The zero-order valence-electron chi connectivity index (χ0n) is 10.6. The second-order valence-corrected chi connectivity index (χ2v) is 6.15. The smallest absolute Gasteiger partial charge is 0.240 e.